The summed E-state index contributed by atoms with van der Waals surface area (Å²) >= 11 is 0. The summed E-state index contributed by atoms with van der Waals surface area (Å²) in [6, 6.07) is 15.4. The Kier molecular flexibility index (Phi) is 5.48. The molecular weight excluding hydrogens is 425 g/mol. The van der Waals surface area contributed by atoms with Crippen molar-refractivity contribution in [2.75, 3.05) is 13.7 Å². The zero-order valence-electron chi connectivity index (χ0n) is 17.7. The number of methoxy groups -OCH3 is 1. The van der Waals surface area contributed by atoms with Gasteiger partial charge in [0.1, 0.15) is 29.2 Å². The van der Waals surface area contributed by atoms with E-state index < -0.39 is 6.10 Å². The maximum atomic E-state index is 14.4. The van der Waals surface area contributed by atoms with E-state index in [1.165, 1.54) is 6.07 Å². The Bertz CT molecular complexity index is 1290. The van der Waals surface area contributed by atoms with Gasteiger partial charge >= 0.3 is 0 Å². The fourth-order valence-electron chi connectivity index (χ4n) is 3.76. The smallest absolute Gasteiger partial charge is 0.287 e. The van der Waals surface area contributed by atoms with Gasteiger partial charge in [0.25, 0.3) is 5.91 Å². The number of nitrogens with one attached hydrogen (secondary N) is 1. The molecule has 1 atom stereocenters. The summed E-state index contributed by atoms with van der Waals surface area (Å²) in [6.07, 6.45) is 3.15. The Morgan fingerprint density at radius 3 is 2.67 bits per heavy atom. The molecule has 7 nitrogen and oxygen atoms in total. The normalized spacial score (nSPS) is 14.4. The molecule has 0 unspecified atom stereocenters. The van der Waals surface area contributed by atoms with Crippen molar-refractivity contribution in [2.24, 2.45) is 0 Å². The highest BCUT2D eigenvalue weighted by molar-refractivity contribution is 5.92. The average molecular weight is 445 g/mol. The van der Waals surface area contributed by atoms with Crippen LogP contribution in [0.2, 0.25) is 0 Å². The number of aromatic nitrogens is 2. The minimum absolute atomic E-state index is 0.181. The molecule has 5 rings (SSSR count). The molecule has 1 aliphatic rings. The molecule has 0 radical (unpaired) electrons. The van der Waals surface area contributed by atoms with Gasteiger partial charge in [-0.05, 0) is 54.6 Å². The molecule has 4 aromatic rings. The van der Waals surface area contributed by atoms with Crippen molar-refractivity contribution in [2.45, 2.75) is 12.5 Å². The minimum atomic E-state index is -0.417. The largest absolute Gasteiger partial charge is 0.497 e. The van der Waals surface area contributed by atoms with Crippen molar-refractivity contribution in [3.63, 3.8) is 0 Å². The number of hydrogen-bond acceptors (Lipinski definition) is 6. The van der Waals surface area contributed by atoms with Crippen LogP contribution >= 0.6 is 0 Å². The third kappa shape index (κ3) is 4.15. The molecule has 2 aromatic carbocycles. The average Bonchev–Trinajstić information content (AvgIpc) is 3.52. The monoisotopic (exact) mass is 445 g/mol. The minimum Gasteiger partial charge on any atom is -0.497 e. The van der Waals surface area contributed by atoms with Gasteiger partial charge in [-0.2, -0.15) is 0 Å². The van der Waals surface area contributed by atoms with Gasteiger partial charge < -0.3 is 19.2 Å². The summed E-state index contributed by atoms with van der Waals surface area (Å²) in [6.45, 7) is 0.195. The van der Waals surface area contributed by atoms with Crippen molar-refractivity contribution in [3.8, 4) is 34.2 Å². The highest BCUT2D eigenvalue weighted by Gasteiger charge is 2.30. The molecule has 3 heterocycles. The molecule has 0 spiro atoms. The van der Waals surface area contributed by atoms with Crippen LogP contribution in [0, 0.1) is 5.82 Å². The van der Waals surface area contributed by atoms with E-state index in [1.807, 2.05) is 24.3 Å². The molecule has 33 heavy (non-hydrogen) atoms. The number of benzene rings is 2. The topological polar surface area (TPSA) is 86.5 Å². The first-order chi connectivity index (χ1) is 16.1. The maximum absolute atomic E-state index is 14.4. The van der Waals surface area contributed by atoms with Crippen molar-refractivity contribution < 1.29 is 23.1 Å². The summed E-state index contributed by atoms with van der Waals surface area (Å²) in [5, 5.41) is 2.81. The summed E-state index contributed by atoms with van der Waals surface area (Å²) in [7, 11) is 1.60. The Hall–Kier alpha value is -4.20. The number of furan rings is 1. The Morgan fingerprint density at radius 2 is 1.91 bits per heavy atom. The third-order valence-electron chi connectivity index (χ3n) is 5.42. The highest BCUT2D eigenvalue weighted by atomic mass is 19.1. The SMILES string of the molecule is COc1ccc(-c2ccc(C(=O)NC[C@@H]3Cc4c(F)ccc(-c5ncccn5)c4O3)o2)cc1. The fourth-order valence-corrected chi connectivity index (χ4v) is 3.76. The van der Waals surface area contributed by atoms with Crippen LogP contribution in [0.15, 0.2) is 71.4 Å². The number of nitrogens with zero attached hydrogens (tertiary/aromatic N) is 2. The lowest BCUT2D eigenvalue weighted by atomic mass is 10.0. The zero-order valence-corrected chi connectivity index (χ0v) is 17.7. The van der Waals surface area contributed by atoms with E-state index in [0.717, 1.165) is 11.3 Å². The van der Waals surface area contributed by atoms with Crippen molar-refractivity contribution in [3.05, 3.63) is 84.1 Å². The summed E-state index contributed by atoms with van der Waals surface area (Å²) < 4.78 is 31.2. The molecule has 0 bridgehead atoms. The van der Waals surface area contributed by atoms with Gasteiger partial charge in [-0.1, -0.05) is 0 Å². The van der Waals surface area contributed by atoms with Crippen LogP contribution in [-0.2, 0) is 6.42 Å². The Balaban J connectivity index is 1.25. The van der Waals surface area contributed by atoms with Gasteiger partial charge in [-0.3, -0.25) is 4.79 Å². The van der Waals surface area contributed by atoms with Crippen LogP contribution in [0.4, 0.5) is 4.39 Å². The first-order valence-electron chi connectivity index (χ1n) is 10.4. The van der Waals surface area contributed by atoms with Crippen LogP contribution in [0.3, 0.4) is 0 Å². The molecule has 166 valence electrons. The lowest BCUT2D eigenvalue weighted by molar-refractivity contribution is 0.0907. The molecule has 2 aromatic heterocycles. The van der Waals surface area contributed by atoms with Crippen LogP contribution in [-0.4, -0.2) is 35.6 Å². The number of halogens is 1. The van der Waals surface area contributed by atoms with Crippen molar-refractivity contribution >= 4 is 5.91 Å². The third-order valence-corrected chi connectivity index (χ3v) is 5.42. The number of rotatable bonds is 6. The number of hydrogen-bond donors (Lipinski definition) is 1. The maximum Gasteiger partial charge on any atom is 0.287 e. The van der Waals surface area contributed by atoms with Crippen LogP contribution in [0.5, 0.6) is 11.5 Å². The second-order valence-corrected chi connectivity index (χ2v) is 7.52. The van der Waals surface area contributed by atoms with E-state index in [1.54, 1.807) is 43.8 Å². The van der Waals surface area contributed by atoms with E-state index in [-0.39, 0.29) is 24.0 Å². The molecule has 0 saturated heterocycles. The van der Waals surface area contributed by atoms with Gasteiger partial charge in [0.05, 0.1) is 19.2 Å². The predicted molar refractivity (Wildman–Crippen MR) is 119 cm³/mol. The van der Waals surface area contributed by atoms with E-state index >= 15 is 0 Å². The molecule has 1 N–H and O–H groups in total. The van der Waals surface area contributed by atoms with Gasteiger partial charge in [0.15, 0.2) is 11.6 Å². The second-order valence-electron chi connectivity index (χ2n) is 7.52. The summed E-state index contributed by atoms with van der Waals surface area (Å²) in [5.41, 5.74) is 1.91. The molecule has 1 amide bonds. The fraction of sp³-hybridized carbons (Fsp3) is 0.160. The van der Waals surface area contributed by atoms with Crippen LogP contribution in [0.1, 0.15) is 16.1 Å². The molecular formula is C25H20FN3O4. The number of amides is 1. The predicted octanol–water partition coefficient (Wildman–Crippen LogP) is 4.28. The summed E-state index contributed by atoms with van der Waals surface area (Å²) in [5.74, 6) is 1.64. The first-order valence-corrected chi connectivity index (χ1v) is 10.4. The number of carbonyl (C=O) groups excluding carboxylic acids is 1. The van der Waals surface area contributed by atoms with E-state index in [2.05, 4.69) is 15.3 Å². The summed E-state index contributed by atoms with van der Waals surface area (Å²) in [4.78, 5) is 21.1. The first kappa shape index (κ1) is 20.7. The quantitative estimate of drug-likeness (QED) is 0.477. The Morgan fingerprint density at radius 1 is 1.12 bits per heavy atom. The number of fused-ring (bicyclic) bond motifs is 1. The highest BCUT2D eigenvalue weighted by Crippen LogP contribution is 2.38. The number of carbonyl (C=O) groups is 1. The van der Waals surface area contributed by atoms with Gasteiger partial charge in [-0.15, -0.1) is 0 Å². The lowest BCUT2D eigenvalue weighted by Gasteiger charge is -2.12. The van der Waals surface area contributed by atoms with Gasteiger partial charge in [-0.25, -0.2) is 14.4 Å². The lowest BCUT2D eigenvalue weighted by Crippen LogP contribution is -2.34. The van der Waals surface area contributed by atoms with Crippen molar-refractivity contribution in [1.82, 2.24) is 15.3 Å². The Labute approximate surface area is 189 Å². The molecule has 8 heteroatoms. The van der Waals surface area contributed by atoms with Crippen LogP contribution < -0.4 is 14.8 Å². The standard InChI is InChI=1S/C25H20FN3O4/c1-31-16-5-3-15(4-6-16)21-9-10-22(33-21)25(30)29-14-17-13-19-20(26)8-7-18(23(19)32-17)24-27-11-2-12-28-24/h2-12,17H,13-14H2,1H3,(H,29,30)/t17-/m0/s1. The van der Waals surface area contributed by atoms with Gasteiger partial charge in [0.2, 0.25) is 0 Å². The molecule has 0 fully saturated rings. The number of ether oxygens (including phenoxy) is 2. The second kappa shape index (κ2) is 8.74. The van der Waals surface area contributed by atoms with Crippen molar-refractivity contribution in [1.29, 1.82) is 0 Å². The van der Waals surface area contributed by atoms with Crippen LogP contribution in [0.25, 0.3) is 22.7 Å². The van der Waals surface area contributed by atoms with E-state index in [9.17, 15) is 9.18 Å². The zero-order chi connectivity index (χ0) is 22.8. The molecule has 0 saturated carbocycles. The van der Waals surface area contributed by atoms with Gasteiger partial charge in [0, 0.05) is 29.9 Å². The molecule has 1 aliphatic heterocycles. The van der Waals surface area contributed by atoms with E-state index in [0.29, 0.717) is 34.9 Å². The van der Waals surface area contributed by atoms with E-state index in [4.69, 9.17) is 13.9 Å². The molecule has 0 aliphatic carbocycles.